The summed E-state index contributed by atoms with van der Waals surface area (Å²) in [6.07, 6.45) is 6.68. The van der Waals surface area contributed by atoms with Crippen LogP contribution in [0.5, 0.6) is 0 Å². The van der Waals surface area contributed by atoms with Gasteiger partial charge in [0.2, 0.25) is 0 Å². The first kappa shape index (κ1) is 13.3. The predicted octanol–water partition coefficient (Wildman–Crippen LogP) is 2.00. The van der Waals surface area contributed by atoms with E-state index in [1.165, 1.54) is 38.6 Å². The summed E-state index contributed by atoms with van der Waals surface area (Å²) < 4.78 is 5.85. The quantitative estimate of drug-likeness (QED) is 0.817. The first-order valence-electron chi connectivity index (χ1n) is 7.32. The zero-order valence-electron chi connectivity index (χ0n) is 11.4. The first-order valence-corrected chi connectivity index (χ1v) is 7.32. The first-order chi connectivity index (χ1) is 8.24. The Labute approximate surface area is 106 Å². The molecule has 3 heteroatoms. The summed E-state index contributed by atoms with van der Waals surface area (Å²) in [6, 6.07) is 1.46. The van der Waals surface area contributed by atoms with Gasteiger partial charge in [0.25, 0.3) is 0 Å². The molecule has 2 heterocycles. The van der Waals surface area contributed by atoms with Gasteiger partial charge in [-0.3, -0.25) is 4.90 Å². The van der Waals surface area contributed by atoms with Crippen molar-refractivity contribution in [3.63, 3.8) is 0 Å². The van der Waals surface area contributed by atoms with E-state index in [0.717, 1.165) is 25.1 Å². The summed E-state index contributed by atoms with van der Waals surface area (Å²) in [6.45, 7) is 7.62. The minimum absolute atomic E-state index is 0.503. The molecule has 2 fully saturated rings. The van der Waals surface area contributed by atoms with E-state index in [1.54, 1.807) is 0 Å². The fourth-order valence-electron chi connectivity index (χ4n) is 3.53. The molecule has 2 aliphatic rings. The monoisotopic (exact) mass is 240 g/mol. The summed E-state index contributed by atoms with van der Waals surface area (Å²) in [7, 11) is 0. The van der Waals surface area contributed by atoms with Crippen LogP contribution < -0.4 is 5.73 Å². The van der Waals surface area contributed by atoms with Crippen molar-refractivity contribution < 1.29 is 4.74 Å². The van der Waals surface area contributed by atoms with Crippen molar-refractivity contribution in [3.05, 3.63) is 0 Å². The van der Waals surface area contributed by atoms with Gasteiger partial charge in [-0.25, -0.2) is 0 Å². The van der Waals surface area contributed by atoms with Gasteiger partial charge >= 0.3 is 0 Å². The third-order valence-corrected chi connectivity index (χ3v) is 4.46. The maximum Gasteiger partial charge on any atom is 0.0590 e. The molecule has 2 saturated heterocycles. The van der Waals surface area contributed by atoms with Crippen LogP contribution in [0, 0.1) is 5.92 Å². The second kappa shape index (κ2) is 6.17. The summed E-state index contributed by atoms with van der Waals surface area (Å²) in [5.41, 5.74) is 5.81. The van der Waals surface area contributed by atoms with Gasteiger partial charge in [-0.15, -0.1) is 0 Å². The highest BCUT2D eigenvalue weighted by Gasteiger charge is 2.35. The summed E-state index contributed by atoms with van der Waals surface area (Å²) >= 11 is 0. The number of rotatable bonds is 4. The molecule has 0 bridgehead atoms. The predicted molar refractivity (Wildman–Crippen MR) is 71.0 cm³/mol. The zero-order chi connectivity index (χ0) is 12.3. The normalized spacial score (nSPS) is 39.7. The summed E-state index contributed by atoms with van der Waals surface area (Å²) in [5.74, 6) is 0.720. The van der Waals surface area contributed by atoms with Crippen molar-refractivity contribution >= 4 is 0 Å². The lowest BCUT2D eigenvalue weighted by Gasteiger charge is -2.37. The highest BCUT2D eigenvalue weighted by Crippen LogP contribution is 2.30. The lowest BCUT2D eigenvalue weighted by atomic mass is 9.98. The van der Waals surface area contributed by atoms with Crippen molar-refractivity contribution in [1.82, 2.24) is 4.90 Å². The van der Waals surface area contributed by atoms with Gasteiger partial charge in [-0.05, 0) is 45.1 Å². The van der Waals surface area contributed by atoms with Gasteiger partial charge in [0.15, 0.2) is 0 Å². The molecule has 3 nitrogen and oxygen atoms in total. The van der Waals surface area contributed by atoms with Gasteiger partial charge in [0.1, 0.15) is 0 Å². The Hall–Kier alpha value is -0.120. The Morgan fingerprint density at radius 3 is 2.82 bits per heavy atom. The van der Waals surface area contributed by atoms with Crippen molar-refractivity contribution in [1.29, 1.82) is 0 Å². The van der Waals surface area contributed by atoms with E-state index in [4.69, 9.17) is 10.5 Å². The zero-order valence-corrected chi connectivity index (χ0v) is 11.4. The number of hydrogen-bond donors (Lipinski definition) is 1. The minimum atomic E-state index is 0.503. The van der Waals surface area contributed by atoms with Crippen LogP contribution in [0.2, 0.25) is 0 Å². The van der Waals surface area contributed by atoms with Gasteiger partial charge < -0.3 is 10.5 Å². The number of hydrogen-bond acceptors (Lipinski definition) is 3. The van der Waals surface area contributed by atoms with Crippen molar-refractivity contribution in [3.8, 4) is 0 Å². The van der Waals surface area contributed by atoms with E-state index in [9.17, 15) is 0 Å². The molecule has 0 radical (unpaired) electrons. The molecule has 0 aromatic carbocycles. The number of ether oxygens (including phenoxy) is 1. The van der Waals surface area contributed by atoms with E-state index >= 15 is 0 Å². The van der Waals surface area contributed by atoms with Gasteiger partial charge in [0, 0.05) is 25.2 Å². The van der Waals surface area contributed by atoms with Crippen LogP contribution in [0.4, 0.5) is 0 Å². The van der Waals surface area contributed by atoms with Gasteiger partial charge in [0.05, 0.1) is 6.10 Å². The molecule has 4 atom stereocenters. The van der Waals surface area contributed by atoms with Crippen LogP contribution in [-0.2, 0) is 4.74 Å². The standard InChI is InChI=1S/C14H28N2O/c1-3-4-14-8-13(5-6-17-14)16-10-12(9-15)7-11(16)2/h11-14H,3-10,15H2,1-2H3. The Morgan fingerprint density at radius 1 is 1.35 bits per heavy atom. The fourth-order valence-corrected chi connectivity index (χ4v) is 3.53. The third kappa shape index (κ3) is 3.21. The molecule has 0 saturated carbocycles. The average Bonchev–Trinajstić information content (AvgIpc) is 2.71. The van der Waals surface area contributed by atoms with Crippen LogP contribution >= 0.6 is 0 Å². The minimum Gasteiger partial charge on any atom is -0.378 e. The van der Waals surface area contributed by atoms with Crippen molar-refractivity contribution in [2.75, 3.05) is 19.7 Å². The Kier molecular flexibility index (Phi) is 4.83. The van der Waals surface area contributed by atoms with E-state index in [2.05, 4.69) is 18.7 Å². The lowest BCUT2D eigenvalue weighted by Crippen LogP contribution is -2.44. The molecule has 2 aliphatic heterocycles. The van der Waals surface area contributed by atoms with E-state index in [1.807, 2.05) is 0 Å². The summed E-state index contributed by atoms with van der Waals surface area (Å²) in [4.78, 5) is 2.70. The molecule has 17 heavy (non-hydrogen) atoms. The maximum absolute atomic E-state index is 5.85. The van der Waals surface area contributed by atoms with Crippen LogP contribution in [0.1, 0.15) is 46.0 Å². The molecule has 0 spiro atoms. The van der Waals surface area contributed by atoms with E-state index < -0.39 is 0 Å². The Morgan fingerprint density at radius 2 is 2.18 bits per heavy atom. The lowest BCUT2D eigenvalue weighted by molar-refractivity contribution is -0.0326. The molecular formula is C14H28N2O. The van der Waals surface area contributed by atoms with Crippen LogP contribution in [0.15, 0.2) is 0 Å². The van der Waals surface area contributed by atoms with E-state index in [0.29, 0.717) is 12.1 Å². The van der Waals surface area contributed by atoms with Gasteiger partial charge in [-0.2, -0.15) is 0 Å². The Balaban J connectivity index is 1.88. The van der Waals surface area contributed by atoms with Gasteiger partial charge in [-0.1, -0.05) is 13.3 Å². The van der Waals surface area contributed by atoms with E-state index in [-0.39, 0.29) is 0 Å². The topological polar surface area (TPSA) is 38.5 Å². The van der Waals surface area contributed by atoms with Crippen LogP contribution in [-0.4, -0.2) is 42.8 Å². The smallest absolute Gasteiger partial charge is 0.0590 e. The maximum atomic E-state index is 5.85. The van der Waals surface area contributed by atoms with Crippen molar-refractivity contribution in [2.24, 2.45) is 11.7 Å². The number of nitrogens with zero attached hydrogens (tertiary/aromatic N) is 1. The molecule has 4 unspecified atom stereocenters. The van der Waals surface area contributed by atoms with Crippen molar-refractivity contribution in [2.45, 2.75) is 64.1 Å². The SMILES string of the molecule is CCCC1CC(N2CC(CN)CC2C)CCO1. The van der Waals surface area contributed by atoms with Crippen LogP contribution in [0.25, 0.3) is 0 Å². The average molecular weight is 240 g/mol. The van der Waals surface area contributed by atoms with Crippen LogP contribution in [0.3, 0.4) is 0 Å². The highest BCUT2D eigenvalue weighted by molar-refractivity contribution is 4.89. The molecule has 0 aromatic heterocycles. The number of nitrogens with two attached hydrogens (primary N) is 1. The summed E-state index contributed by atoms with van der Waals surface area (Å²) in [5, 5.41) is 0. The Bertz CT molecular complexity index is 232. The molecule has 0 amide bonds. The largest absolute Gasteiger partial charge is 0.378 e. The molecule has 0 aliphatic carbocycles. The molecule has 0 aromatic rings. The highest BCUT2D eigenvalue weighted by atomic mass is 16.5. The second-order valence-electron chi connectivity index (χ2n) is 5.84. The second-order valence-corrected chi connectivity index (χ2v) is 5.84. The molecule has 100 valence electrons. The third-order valence-electron chi connectivity index (χ3n) is 4.46. The molecular weight excluding hydrogens is 212 g/mol. The molecule has 2 N–H and O–H groups in total. The number of likely N-dealkylation sites (tertiary alicyclic amines) is 1. The fraction of sp³-hybridized carbons (Fsp3) is 1.00. The molecule has 2 rings (SSSR count).